The first-order chi connectivity index (χ1) is 11.2. The lowest BCUT2D eigenvalue weighted by molar-refractivity contribution is -0.164. The third-order valence-corrected chi connectivity index (χ3v) is 4.97. The summed E-state index contributed by atoms with van der Waals surface area (Å²) in [4.78, 5) is 12.2. The van der Waals surface area contributed by atoms with Crippen LogP contribution in [-0.4, -0.2) is 22.3 Å². The molecule has 2 bridgehead atoms. The molecule has 4 rings (SSSR count). The molecule has 24 heavy (non-hydrogen) atoms. The summed E-state index contributed by atoms with van der Waals surface area (Å²) in [5.41, 5.74) is 0.370. The normalized spacial score (nSPS) is 29.3. The number of aliphatic hydroxyl groups is 1. The Morgan fingerprint density at radius 2 is 2.12 bits per heavy atom. The van der Waals surface area contributed by atoms with Crippen molar-refractivity contribution < 1.29 is 19.0 Å². The maximum atomic E-state index is 13.5. The topological polar surface area (TPSA) is 46.5 Å². The molecular formula is C20H25FO3. The molecule has 3 atom stereocenters. The number of carbonyl (C=O) groups is 1. The van der Waals surface area contributed by atoms with Crippen molar-refractivity contribution in [2.75, 3.05) is 0 Å². The van der Waals surface area contributed by atoms with E-state index in [1.54, 1.807) is 12.1 Å². The van der Waals surface area contributed by atoms with Crippen LogP contribution in [0.3, 0.4) is 0 Å². The molecule has 1 N–H and O–H groups in total. The van der Waals surface area contributed by atoms with Crippen molar-refractivity contribution in [3.63, 3.8) is 0 Å². The largest absolute Gasteiger partial charge is 0.460 e. The van der Waals surface area contributed by atoms with Crippen molar-refractivity contribution in [3.8, 4) is 0 Å². The highest BCUT2D eigenvalue weighted by molar-refractivity contribution is 5.74. The number of hydrogen-bond acceptors (Lipinski definition) is 3. The molecule has 1 fully saturated rings. The summed E-state index contributed by atoms with van der Waals surface area (Å²) in [5, 5.41) is 11.0. The SMILES string of the molecule is CC(C)(C)OC(=O)C[C@]1(O)C[C@H]2CC[C@@H]1C=C2c1cccc(F)c1. The van der Waals surface area contributed by atoms with Crippen LogP contribution in [0.25, 0.3) is 5.57 Å². The van der Waals surface area contributed by atoms with Gasteiger partial charge in [-0.15, -0.1) is 0 Å². The van der Waals surface area contributed by atoms with Crippen LogP contribution in [0.1, 0.15) is 52.0 Å². The van der Waals surface area contributed by atoms with Crippen molar-refractivity contribution in [2.24, 2.45) is 11.8 Å². The third-order valence-electron chi connectivity index (χ3n) is 4.97. The lowest BCUT2D eigenvalue weighted by atomic mass is 9.61. The molecule has 4 heteroatoms. The van der Waals surface area contributed by atoms with Gasteiger partial charge in [-0.2, -0.15) is 0 Å². The maximum absolute atomic E-state index is 13.5. The van der Waals surface area contributed by atoms with E-state index in [-0.39, 0.29) is 30.0 Å². The molecule has 0 amide bonds. The molecule has 0 aliphatic heterocycles. The third kappa shape index (κ3) is 3.54. The zero-order chi connectivity index (χ0) is 17.5. The van der Waals surface area contributed by atoms with E-state index < -0.39 is 11.2 Å². The first-order valence-electron chi connectivity index (χ1n) is 8.58. The van der Waals surface area contributed by atoms with Gasteiger partial charge in [-0.3, -0.25) is 4.79 Å². The summed E-state index contributed by atoms with van der Waals surface area (Å²) < 4.78 is 18.9. The minimum Gasteiger partial charge on any atom is -0.460 e. The standard InChI is InChI=1S/C20H25FO3/c1-19(2,3)24-18(22)12-20(23)11-14-7-8-15(20)10-17(14)13-5-4-6-16(21)9-13/h4-6,9-10,14-15,23H,7-8,11-12H2,1-3H3/t14-,15-,20-/m1/s1. The first kappa shape index (κ1) is 17.2. The molecular weight excluding hydrogens is 307 g/mol. The van der Waals surface area contributed by atoms with Gasteiger partial charge in [0.15, 0.2) is 0 Å². The molecule has 1 saturated carbocycles. The Hall–Kier alpha value is -1.68. The molecule has 0 radical (unpaired) electrons. The van der Waals surface area contributed by atoms with Crippen LogP contribution >= 0.6 is 0 Å². The lowest BCUT2D eigenvalue weighted by Gasteiger charge is -2.47. The number of esters is 1. The van der Waals surface area contributed by atoms with E-state index in [1.165, 1.54) is 6.07 Å². The second-order valence-corrected chi connectivity index (χ2v) is 8.08. The summed E-state index contributed by atoms with van der Waals surface area (Å²) in [6.07, 6.45) is 4.39. The minimum atomic E-state index is -1.05. The Balaban J connectivity index is 1.80. The predicted molar refractivity (Wildman–Crippen MR) is 90.6 cm³/mol. The van der Waals surface area contributed by atoms with Gasteiger partial charge in [-0.05, 0) is 69.2 Å². The summed E-state index contributed by atoms with van der Waals surface area (Å²) in [6, 6.07) is 6.59. The van der Waals surface area contributed by atoms with Gasteiger partial charge in [0.1, 0.15) is 11.4 Å². The van der Waals surface area contributed by atoms with Gasteiger partial charge < -0.3 is 9.84 Å². The summed E-state index contributed by atoms with van der Waals surface area (Å²) in [6.45, 7) is 5.47. The molecule has 3 aliphatic carbocycles. The number of benzene rings is 1. The van der Waals surface area contributed by atoms with Gasteiger partial charge in [0.05, 0.1) is 12.0 Å². The average Bonchev–Trinajstić information content (AvgIpc) is 2.45. The summed E-state index contributed by atoms with van der Waals surface area (Å²) in [7, 11) is 0. The highest BCUT2D eigenvalue weighted by Gasteiger charge is 2.48. The Kier molecular flexibility index (Phi) is 4.28. The van der Waals surface area contributed by atoms with E-state index in [0.717, 1.165) is 24.0 Å². The van der Waals surface area contributed by atoms with Crippen LogP contribution in [0.5, 0.6) is 0 Å². The fraction of sp³-hybridized carbons (Fsp3) is 0.550. The highest BCUT2D eigenvalue weighted by atomic mass is 19.1. The fourth-order valence-corrected chi connectivity index (χ4v) is 4.02. The maximum Gasteiger partial charge on any atom is 0.309 e. The van der Waals surface area contributed by atoms with Crippen LogP contribution in [0, 0.1) is 17.7 Å². The van der Waals surface area contributed by atoms with E-state index in [4.69, 9.17) is 4.74 Å². The number of rotatable bonds is 3. The fourth-order valence-electron chi connectivity index (χ4n) is 4.02. The van der Waals surface area contributed by atoms with E-state index in [0.29, 0.717) is 6.42 Å². The molecule has 0 heterocycles. The van der Waals surface area contributed by atoms with Crippen molar-refractivity contribution >= 4 is 11.5 Å². The Morgan fingerprint density at radius 1 is 1.38 bits per heavy atom. The van der Waals surface area contributed by atoms with Gasteiger partial charge in [-0.1, -0.05) is 18.2 Å². The lowest BCUT2D eigenvalue weighted by Crippen LogP contribution is -2.48. The number of halogens is 1. The molecule has 0 aromatic heterocycles. The van der Waals surface area contributed by atoms with E-state index in [2.05, 4.69) is 0 Å². The molecule has 0 spiro atoms. The van der Waals surface area contributed by atoms with Crippen LogP contribution < -0.4 is 0 Å². The van der Waals surface area contributed by atoms with Crippen molar-refractivity contribution in [1.82, 2.24) is 0 Å². The second-order valence-electron chi connectivity index (χ2n) is 8.08. The number of fused-ring (bicyclic) bond motifs is 2. The van der Waals surface area contributed by atoms with Crippen LogP contribution in [0.2, 0.25) is 0 Å². The monoisotopic (exact) mass is 332 g/mol. The average molecular weight is 332 g/mol. The number of ether oxygens (including phenoxy) is 1. The van der Waals surface area contributed by atoms with Crippen molar-refractivity contribution in [1.29, 1.82) is 0 Å². The molecule has 0 saturated heterocycles. The van der Waals surface area contributed by atoms with Gasteiger partial charge >= 0.3 is 5.97 Å². The van der Waals surface area contributed by atoms with E-state index in [9.17, 15) is 14.3 Å². The van der Waals surface area contributed by atoms with Crippen molar-refractivity contribution in [2.45, 2.75) is 57.7 Å². The van der Waals surface area contributed by atoms with Gasteiger partial charge in [-0.25, -0.2) is 4.39 Å². The Bertz CT molecular complexity index is 674. The minimum absolute atomic E-state index is 0.0123. The molecule has 1 aromatic carbocycles. The quantitative estimate of drug-likeness (QED) is 0.848. The van der Waals surface area contributed by atoms with Gasteiger partial charge in [0.25, 0.3) is 0 Å². The molecule has 1 aromatic rings. The summed E-state index contributed by atoms with van der Waals surface area (Å²) in [5.74, 6) is -0.547. The zero-order valence-corrected chi connectivity index (χ0v) is 14.5. The first-order valence-corrected chi connectivity index (χ1v) is 8.58. The predicted octanol–water partition coefficient (Wildman–Crippen LogP) is 4.10. The molecule has 0 unspecified atom stereocenters. The summed E-state index contributed by atoms with van der Waals surface area (Å²) >= 11 is 0. The van der Waals surface area contributed by atoms with Gasteiger partial charge in [0.2, 0.25) is 0 Å². The molecule has 3 nitrogen and oxygen atoms in total. The second kappa shape index (κ2) is 5.99. The number of carbonyl (C=O) groups excluding carboxylic acids is 1. The zero-order valence-electron chi connectivity index (χ0n) is 14.5. The van der Waals surface area contributed by atoms with Crippen molar-refractivity contribution in [3.05, 3.63) is 41.7 Å². The van der Waals surface area contributed by atoms with E-state index >= 15 is 0 Å². The van der Waals surface area contributed by atoms with Crippen LogP contribution in [0.15, 0.2) is 30.3 Å². The van der Waals surface area contributed by atoms with E-state index in [1.807, 2.05) is 32.9 Å². The molecule has 3 aliphatic rings. The Morgan fingerprint density at radius 3 is 2.71 bits per heavy atom. The van der Waals surface area contributed by atoms with Gasteiger partial charge in [0, 0.05) is 5.92 Å². The number of allylic oxidation sites excluding steroid dienone is 1. The van der Waals surface area contributed by atoms with Crippen LogP contribution in [-0.2, 0) is 9.53 Å². The van der Waals surface area contributed by atoms with Crippen LogP contribution in [0.4, 0.5) is 4.39 Å². The smallest absolute Gasteiger partial charge is 0.309 e. The highest BCUT2D eigenvalue weighted by Crippen LogP contribution is 2.51. The molecule has 130 valence electrons. The Labute approximate surface area is 142 Å². The number of hydrogen-bond donors (Lipinski definition) is 1.